The highest BCUT2D eigenvalue weighted by atomic mass is 32.2. The van der Waals surface area contributed by atoms with E-state index in [-0.39, 0.29) is 64.7 Å². The summed E-state index contributed by atoms with van der Waals surface area (Å²) < 4.78 is 94.0. The van der Waals surface area contributed by atoms with Gasteiger partial charge in [0.2, 0.25) is 0 Å². The molecule has 6 fully saturated rings. The zero-order valence-electron chi connectivity index (χ0n) is 36.3. The van der Waals surface area contributed by atoms with Gasteiger partial charge in [-0.3, -0.25) is 14.4 Å². The Morgan fingerprint density at radius 2 is 0.968 bits per heavy atom. The summed E-state index contributed by atoms with van der Waals surface area (Å²) in [6.45, 7) is 5.27. The summed E-state index contributed by atoms with van der Waals surface area (Å²) in [6.07, 6.45) is 8.00. The lowest BCUT2D eigenvalue weighted by Crippen LogP contribution is -2.48. The molecule has 0 unspecified atom stereocenters. The SMILES string of the molecule is CC(C)(C)OC(=O)CC/C(=C\F)COc1ccc(S(=O)(=O)CC23CCC(C(=O)O)(CC2)CC3)cc1.NC/C(=C\F)COc1ccc(S(=O)(=O)CC23CCC(C(=O)O)(CC2)CC3)cc1. The van der Waals surface area contributed by atoms with Gasteiger partial charge >= 0.3 is 17.9 Å². The molecule has 6 aliphatic rings. The molecule has 2 aromatic carbocycles. The molecule has 0 atom stereocenters. The van der Waals surface area contributed by atoms with Crippen LogP contribution in [0.3, 0.4) is 0 Å². The lowest BCUT2D eigenvalue weighted by atomic mass is 9.54. The van der Waals surface area contributed by atoms with Crippen molar-refractivity contribution in [3.8, 4) is 11.5 Å². The Morgan fingerprint density at radius 3 is 1.27 bits per heavy atom. The number of benzene rings is 2. The van der Waals surface area contributed by atoms with Crippen LogP contribution in [0.25, 0.3) is 0 Å². The Kier molecular flexibility index (Phi) is 15.6. The highest BCUT2D eigenvalue weighted by molar-refractivity contribution is 7.91. The summed E-state index contributed by atoms with van der Waals surface area (Å²) in [5.41, 5.74) is 3.35. The largest absolute Gasteiger partial charge is 0.489 e. The van der Waals surface area contributed by atoms with Crippen LogP contribution in [-0.4, -0.2) is 81.8 Å². The lowest BCUT2D eigenvalue weighted by Gasteiger charge is -2.51. The van der Waals surface area contributed by atoms with Crippen molar-refractivity contribution < 1.29 is 64.4 Å². The van der Waals surface area contributed by atoms with Gasteiger partial charge in [-0.05, 0) is 169 Å². The minimum absolute atomic E-state index is 0.00748. The number of sulfone groups is 2. The molecule has 13 nitrogen and oxygen atoms in total. The van der Waals surface area contributed by atoms with E-state index in [1.807, 2.05) is 0 Å². The van der Waals surface area contributed by atoms with Crippen LogP contribution >= 0.6 is 0 Å². The number of esters is 1. The van der Waals surface area contributed by atoms with Crippen LogP contribution in [0.4, 0.5) is 8.78 Å². The molecule has 63 heavy (non-hydrogen) atoms. The molecule has 0 saturated heterocycles. The molecule has 0 aliphatic heterocycles. The number of carbonyl (C=O) groups is 3. The molecule has 0 spiro atoms. The second-order valence-corrected chi connectivity index (χ2v) is 23.0. The fourth-order valence-corrected chi connectivity index (χ4v) is 13.3. The van der Waals surface area contributed by atoms with Crippen molar-refractivity contribution in [1.29, 1.82) is 0 Å². The van der Waals surface area contributed by atoms with Crippen molar-refractivity contribution in [1.82, 2.24) is 0 Å². The van der Waals surface area contributed by atoms with Crippen molar-refractivity contribution in [2.45, 2.75) is 126 Å². The Bertz CT molecular complexity index is 2200. The molecule has 17 heteroatoms. The number of hydrogen-bond donors (Lipinski definition) is 3. The Morgan fingerprint density at radius 1 is 0.619 bits per heavy atom. The zero-order valence-corrected chi connectivity index (χ0v) is 38.0. The van der Waals surface area contributed by atoms with Gasteiger partial charge in [0, 0.05) is 18.5 Å². The minimum atomic E-state index is -3.56. The van der Waals surface area contributed by atoms with Crippen molar-refractivity contribution >= 4 is 37.6 Å². The van der Waals surface area contributed by atoms with E-state index in [2.05, 4.69) is 0 Å². The van der Waals surface area contributed by atoms with Gasteiger partial charge < -0.3 is 30.2 Å². The average molecular weight is 922 g/mol. The van der Waals surface area contributed by atoms with E-state index in [0.717, 1.165) is 0 Å². The first-order valence-electron chi connectivity index (χ1n) is 21.4. The molecule has 6 aliphatic carbocycles. The molecule has 0 amide bonds. The zero-order chi connectivity index (χ0) is 46.3. The number of aliphatic carboxylic acids is 2. The van der Waals surface area contributed by atoms with E-state index in [1.54, 1.807) is 32.9 Å². The van der Waals surface area contributed by atoms with Crippen molar-refractivity contribution in [3.05, 3.63) is 72.3 Å². The lowest BCUT2D eigenvalue weighted by molar-refractivity contribution is -0.158. The fraction of sp³-hybridized carbons (Fsp3) is 0.587. The first-order chi connectivity index (χ1) is 29.5. The molecule has 0 heterocycles. The molecule has 0 aromatic heterocycles. The highest BCUT2D eigenvalue weighted by Crippen LogP contribution is 2.59. The fourth-order valence-electron chi connectivity index (χ4n) is 9.36. The number of nitrogens with two attached hydrogens (primary N) is 1. The standard InChI is InChI=1S/C26H35FO7S.C20H26FNO5S/c1-24(2,3)34-22(28)9-4-19(16-27)17-33-20-5-7-21(8-6-20)35(31,32)18-25-10-13-26(14-11-25,15-12-25)23(29)30;21-11-15(12-22)13-27-16-1-3-17(4-2-16)28(25,26)14-19-5-8-20(9-6-19,10-7-19)18(23)24/h5-8,16H,4,9-15,17-18H2,1-3H3,(H,29,30);1-4,11H,5-10,12-14,22H2,(H,23,24)/b19-16+;15-11+. The van der Waals surface area contributed by atoms with E-state index in [1.165, 1.54) is 36.4 Å². The number of carboxylic acids is 2. The van der Waals surface area contributed by atoms with E-state index in [9.17, 15) is 50.2 Å². The summed E-state index contributed by atoms with van der Waals surface area (Å²) in [4.78, 5) is 35.4. The molecule has 2 aromatic rings. The van der Waals surface area contributed by atoms with Crippen molar-refractivity contribution in [2.24, 2.45) is 27.4 Å². The van der Waals surface area contributed by atoms with Gasteiger partial charge in [0.25, 0.3) is 0 Å². The number of halogens is 2. The highest BCUT2D eigenvalue weighted by Gasteiger charge is 2.55. The van der Waals surface area contributed by atoms with Gasteiger partial charge in [0.05, 0.1) is 44.8 Å². The molecular formula is C46H61F2NO12S2. The third-order valence-corrected chi connectivity index (χ3v) is 17.5. The van der Waals surface area contributed by atoms with Crippen LogP contribution in [0.15, 0.2) is 82.1 Å². The maximum Gasteiger partial charge on any atom is 0.309 e. The summed E-state index contributed by atoms with van der Waals surface area (Å²) >= 11 is 0. The predicted molar refractivity (Wildman–Crippen MR) is 231 cm³/mol. The van der Waals surface area contributed by atoms with Gasteiger partial charge in [-0.2, -0.15) is 0 Å². The van der Waals surface area contributed by atoms with Crippen LogP contribution in [0.2, 0.25) is 0 Å². The topological polar surface area (TPSA) is 214 Å². The van der Waals surface area contributed by atoms with Gasteiger partial charge in [0.1, 0.15) is 30.3 Å². The molecule has 348 valence electrons. The Labute approximate surface area is 369 Å². The van der Waals surface area contributed by atoms with Crippen molar-refractivity contribution in [3.63, 3.8) is 0 Å². The number of hydrogen-bond acceptors (Lipinski definition) is 11. The number of carbonyl (C=O) groups excluding carboxylic acids is 1. The van der Waals surface area contributed by atoms with E-state index >= 15 is 0 Å². The van der Waals surface area contributed by atoms with Crippen molar-refractivity contribution in [2.75, 3.05) is 31.3 Å². The van der Waals surface area contributed by atoms with E-state index in [0.29, 0.717) is 112 Å². The molecule has 4 bridgehead atoms. The molecule has 0 radical (unpaired) electrons. The number of fused-ring (bicyclic) bond motifs is 6. The minimum Gasteiger partial charge on any atom is -0.489 e. The quantitative estimate of drug-likeness (QED) is 0.120. The smallest absolute Gasteiger partial charge is 0.309 e. The summed E-state index contributed by atoms with van der Waals surface area (Å²) in [5, 5.41) is 19.0. The molecule has 6 saturated carbocycles. The van der Waals surface area contributed by atoms with Crippen LogP contribution in [0, 0.1) is 21.7 Å². The average Bonchev–Trinajstić information content (AvgIpc) is 3.24. The number of rotatable bonds is 18. The van der Waals surface area contributed by atoms with Crippen LogP contribution in [0.1, 0.15) is 111 Å². The number of ether oxygens (including phenoxy) is 3. The van der Waals surface area contributed by atoms with E-state index < -0.39 is 54.0 Å². The van der Waals surface area contributed by atoms with Gasteiger partial charge in [-0.25, -0.2) is 25.6 Å². The Balaban J connectivity index is 0.000000243. The summed E-state index contributed by atoms with van der Waals surface area (Å²) in [6, 6.07) is 12.1. The first kappa shape index (κ1) is 49.7. The van der Waals surface area contributed by atoms with E-state index in [4.69, 9.17) is 19.9 Å². The van der Waals surface area contributed by atoms with Crippen LogP contribution < -0.4 is 15.2 Å². The third kappa shape index (κ3) is 12.5. The van der Waals surface area contributed by atoms with Gasteiger partial charge in [-0.15, -0.1) is 0 Å². The maximum atomic E-state index is 13.2. The second kappa shape index (κ2) is 19.8. The Hall–Kier alpha value is -4.35. The third-order valence-electron chi connectivity index (χ3n) is 13.6. The van der Waals surface area contributed by atoms with Crippen LogP contribution in [-0.2, 0) is 38.8 Å². The molecular weight excluding hydrogens is 861 g/mol. The molecule has 8 rings (SSSR count). The first-order valence-corrected chi connectivity index (χ1v) is 24.7. The predicted octanol–water partition coefficient (Wildman–Crippen LogP) is 8.32. The van der Waals surface area contributed by atoms with Gasteiger partial charge in [0.15, 0.2) is 19.7 Å². The summed E-state index contributed by atoms with van der Waals surface area (Å²) in [5.74, 6) is -1.06. The number of carboxylic acid groups (broad SMARTS) is 2. The molecule has 4 N–H and O–H groups in total. The monoisotopic (exact) mass is 921 g/mol. The normalized spacial score (nSPS) is 26.0. The maximum absolute atomic E-state index is 13.2. The van der Waals surface area contributed by atoms with Crippen LogP contribution in [0.5, 0.6) is 11.5 Å². The van der Waals surface area contributed by atoms with Gasteiger partial charge in [-0.1, -0.05) is 0 Å². The second-order valence-electron chi connectivity index (χ2n) is 19.0. The summed E-state index contributed by atoms with van der Waals surface area (Å²) in [7, 11) is -7.06.